The molecule has 0 bridgehead atoms. The van der Waals surface area contributed by atoms with Gasteiger partial charge in [-0.1, -0.05) is 27.7 Å². The molecule has 11 heteroatoms. The van der Waals surface area contributed by atoms with Gasteiger partial charge < -0.3 is 18.7 Å². The van der Waals surface area contributed by atoms with Gasteiger partial charge in [-0.05, 0) is 58.4 Å². The number of nitrogens with zero attached hydrogens (tertiary/aromatic N) is 6. The first-order chi connectivity index (χ1) is 18.0. The van der Waals surface area contributed by atoms with Crippen LogP contribution in [0.25, 0.3) is 0 Å². The Morgan fingerprint density at radius 1 is 1.16 bits per heavy atom. The van der Waals surface area contributed by atoms with Gasteiger partial charge in [-0.25, -0.2) is 14.5 Å². The number of hydrogen-bond acceptors (Lipinski definition) is 8. The largest absolute Gasteiger partial charge is 0.362 e. The van der Waals surface area contributed by atoms with Gasteiger partial charge in [0.05, 0.1) is 38.1 Å². The van der Waals surface area contributed by atoms with Gasteiger partial charge in [0.15, 0.2) is 5.82 Å². The number of hydrogen-bond donors (Lipinski definition) is 0. The summed E-state index contributed by atoms with van der Waals surface area (Å²) in [6.45, 7) is 19.6. The summed E-state index contributed by atoms with van der Waals surface area (Å²) >= 11 is 0. The van der Waals surface area contributed by atoms with Crippen LogP contribution in [0.3, 0.4) is 0 Å². The van der Waals surface area contributed by atoms with Crippen LogP contribution in [-0.4, -0.2) is 70.0 Å². The highest BCUT2D eigenvalue weighted by molar-refractivity contribution is 7.44. The molecule has 0 aromatic carbocycles. The third-order valence-corrected chi connectivity index (χ3v) is 7.87. The minimum absolute atomic E-state index is 0.157. The van der Waals surface area contributed by atoms with Gasteiger partial charge in [0.1, 0.15) is 6.23 Å². The molecule has 0 amide bonds. The summed E-state index contributed by atoms with van der Waals surface area (Å²) in [5.74, 6) is 1.42. The molecule has 10 nitrogen and oxygen atoms in total. The molecule has 2 heterocycles. The topological polar surface area (TPSA) is 105 Å². The van der Waals surface area contributed by atoms with Crippen LogP contribution in [0.15, 0.2) is 22.1 Å². The molecular weight excluding hydrogens is 503 g/mol. The minimum atomic E-state index is -1.33. The Morgan fingerprint density at radius 2 is 1.82 bits per heavy atom. The first kappa shape index (κ1) is 32.3. The maximum atomic E-state index is 12.8. The first-order valence-electron chi connectivity index (χ1n) is 13.8. The summed E-state index contributed by atoms with van der Waals surface area (Å²) < 4.78 is 22.1. The lowest BCUT2D eigenvalue weighted by Crippen LogP contribution is -2.34. The molecule has 2 rings (SSSR count). The van der Waals surface area contributed by atoms with Gasteiger partial charge in [-0.3, -0.25) is 4.57 Å². The maximum Gasteiger partial charge on any atom is 0.351 e. The van der Waals surface area contributed by atoms with E-state index in [0.717, 1.165) is 19.5 Å². The van der Waals surface area contributed by atoms with Crippen molar-refractivity contribution in [3.63, 3.8) is 0 Å². The van der Waals surface area contributed by atoms with Gasteiger partial charge >= 0.3 is 5.69 Å². The molecular formula is C27H47N6O4P. The summed E-state index contributed by atoms with van der Waals surface area (Å²) in [5, 5.41) is 8.89. The predicted molar refractivity (Wildman–Crippen MR) is 152 cm³/mol. The molecule has 0 radical (unpaired) electrons. The molecule has 1 fully saturated rings. The van der Waals surface area contributed by atoms with Crippen LogP contribution in [0.4, 0.5) is 5.82 Å². The summed E-state index contributed by atoms with van der Waals surface area (Å²) in [6.07, 6.45) is 4.73. The monoisotopic (exact) mass is 550 g/mol. The van der Waals surface area contributed by atoms with Gasteiger partial charge in [0.2, 0.25) is 0 Å². The molecule has 0 spiro atoms. The Hall–Kier alpha value is -1.89. The fourth-order valence-corrected chi connectivity index (χ4v) is 6.05. The molecule has 1 saturated heterocycles. The van der Waals surface area contributed by atoms with Gasteiger partial charge in [-0.2, -0.15) is 10.2 Å². The van der Waals surface area contributed by atoms with Gasteiger partial charge in [-0.15, -0.1) is 0 Å². The number of nitriles is 1. The van der Waals surface area contributed by atoms with Crippen molar-refractivity contribution in [1.82, 2.24) is 19.1 Å². The molecule has 214 valence electrons. The number of ether oxygens (including phenoxy) is 1. The van der Waals surface area contributed by atoms with E-state index in [-0.39, 0.29) is 23.9 Å². The lowest BCUT2D eigenvalue weighted by atomic mass is 10.1. The molecule has 1 aromatic heterocycles. The fourth-order valence-electron chi connectivity index (χ4n) is 4.42. The Labute approximate surface area is 230 Å². The SMILES string of the molecule is CC(C)CN(C=Nc1ccn([C@H]2CC[C@@H](COP(OCCC#N)N(C(C)C)C(C)C)O2)c(=O)n1)CC(C)C. The smallest absolute Gasteiger partial charge is 0.351 e. The molecule has 1 aromatic rings. The summed E-state index contributed by atoms with van der Waals surface area (Å²) in [4.78, 5) is 23.6. The van der Waals surface area contributed by atoms with Crippen LogP contribution in [0, 0.1) is 23.2 Å². The van der Waals surface area contributed by atoms with E-state index < -0.39 is 14.8 Å². The lowest BCUT2D eigenvalue weighted by Gasteiger charge is -2.36. The van der Waals surface area contributed by atoms with E-state index in [9.17, 15) is 4.79 Å². The highest BCUT2D eigenvalue weighted by Gasteiger charge is 2.32. The normalized spacial score (nSPS) is 18.9. The molecule has 1 aliphatic heterocycles. The van der Waals surface area contributed by atoms with Gasteiger partial charge in [0, 0.05) is 31.4 Å². The van der Waals surface area contributed by atoms with E-state index in [1.165, 1.54) is 4.57 Å². The predicted octanol–water partition coefficient (Wildman–Crippen LogP) is 5.49. The summed E-state index contributed by atoms with van der Waals surface area (Å²) in [5.41, 5.74) is -0.377. The number of rotatable bonds is 16. The van der Waals surface area contributed by atoms with Crippen LogP contribution in [-0.2, 0) is 13.8 Å². The maximum absolute atomic E-state index is 12.8. The third kappa shape index (κ3) is 10.7. The fraction of sp³-hybridized carbons (Fsp3) is 0.778. The zero-order valence-corrected chi connectivity index (χ0v) is 25.3. The zero-order chi connectivity index (χ0) is 28.2. The van der Waals surface area contributed by atoms with E-state index in [4.69, 9.17) is 19.0 Å². The van der Waals surface area contributed by atoms with Crippen molar-refractivity contribution in [1.29, 1.82) is 5.26 Å². The molecule has 3 atom stereocenters. The number of aliphatic imine (C=N–C) groups is 1. The van der Waals surface area contributed by atoms with E-state index in [1.54, 1.807) is 18.6 Å². The summed E-state index contributed by atoms with van der Waals surface area (Å²) in [6, 6.07) is 4.33. The Morgan fingerprint density at radius 3 is 2.37 bits per heavy atom. The van der Waals surface area contributed by atoms with Crippen molar-refractivity contribution in [2.75, 3.05) is 26.3 Å². The van der Waals surface area contributed by atoms with Gasteiger partial charge in [0.25, 0.3) is 8.53 Å². The zero-order valence-electron chi connectivity index (χ0n) is 24.4. The molecule has 1 aliphatic rings. The molecule has 0 N–H and O–H groups in total. The van der Waals surface area contributed by atoms with E-state index in [1.807, 2.05) is 0 Å². The summed E-state index contributed by atoms with van der Waals surface area (Å²) in [7, 11) is -1.33. The van der Waals surface area contributed by atoms with E-state index in [0.29, 0.717) is 43.7 Å². The Kier molecular flexibility index (Phi) is 13.8. The second-order valence-electron chi connectivity index (χ2n) is 11.1. The standard InChI is InChI=1S/C27H47N6O4P/c1-20(2)16-31(17-21(3)4)19-29-25-12-14-32(27(34)30-25)26-11-10-24(37-26)18-36-38(35-15-9-13-28)33(22(5)6)23(7)8/h12,14,19-24,26H,9-11,15-18H2,1-8H3/t24-,26+,38?/m0/s1. The number of aromatic nitrogens is 2. The van der Waals surface area contributed by atoms with Crippen LogP contribution in [0.5, 0.6) is 0 Å². The second kappa shape index (κ2) is 16.3. The van der Waals surface area contributed by atoms with Crippen molar-refractivity contribution in [2.24, 2.45) is 16.8 Å². The lowest BCUT2D eigenvalue weighted by molar-refractivity contribution is -0.0225. The first-order valence-corrected chi connectivity index (χ1v) is 14.9. The van der Waals surface area contributed by atoms with Crippen molar-refractivity contribution < 1.29 is 13.8 Å². The van der Waals surface area contributed by atoms with Crippen LogP contribution in [0.1, 0.15) is 80.9 Å². The van der Waals surface area contributed by atoms with Crippen molar-refractivity contribution >= 4 is 20.7 Å². The second-order valence-corrected chi connectivity index (χ2v) is 12.5. The van der Waals surface area contributed by atoms with Crippen molar-refractivity contribution in [3.05, 3.63) is 22.7 Å². The Bertz CT molecular complexity index is 944. The molecule has 1 unspecified atom stereocenters. The van der Waals surface area contributed by atoms with Crippen LogP contribution >= 0.6 is 8.53 Å². The van der Waals surface area contributed by atoms with Crippen LogP contribution in [0.2, 0.25) is 0 Å². The minimum Gasteiger partial charge on any atom is -0.362 e. The highest BCUT2D eigenvalue weighted by atomic mass is 31.2. The quantitative estimate of drug-likeness (QED) is 0.115. The highest BCUT2D eigenvalue weighted by Crippen LogP contribution is 2.46. The van der Waals surface area contributed by atoms with E-state index >= 15 is 0 Å². The average Bonchev–Trinajstić information content (AvgIpc) is 3.28. The molecule has 38 heavy (non-hydrogen) atoms. The van der Waals surface area contributed by atoms with Crippen LogP contribution < -0.4 is 5.69 Å². The average molecular weight is 551 g/mol. The Balaban J connectivity index is 2.00. The van der Waals surface area contributed by atoms with E-state index in [2.05, 4.69) is 81.0 Å². The third-order valence-electron chi connectivity index (χ3n) is 5.80. The van der Waals surface area contributed by atoms with Crippen molar-refractivity contribution in [3.8, 4) is 6.07 Å². The molecule has 0 aliphatic carbocycles. The molecule has 0 saturated carbocycles. The van der Waals surface area contributed by atoms with Crippen molar-refractivity contribution in [2.45, 2.75) is 99.1 Å².